The van der Waals surface area contributed by atoms with Crippen molar-refractivity contribution in [1.82, 2.24) is 4.98 Å². The van der Waals surface area contributed by atoms with E-state index in [1.165, 1.54) is 0 Å². The van der Waals surface area contributed by atoms with Gasteiger partial charge in [-0.25, -0.2) is 0 Å². The summed E-state index contributed by atoms with van der Waals surface area (Å²) in [6, 6.07) is 5.00. The molecule has 3 heteroatoms. The number of carboxylic acids is 1. The van der Waals surface area contributed by atoms with Crippen LogP contribution < -0.4 is 0 Å². The van der Waals surface area contributed by atoms with Crippen LogP contribution in [-0.2, 0) is 11.2 Å². The van der Waals surface area contributed by atoms with Gasteiger partial charge < -0.3 is 5.11 Å². The van der Waals surface area contributed by atoms with Crippen molar-refractivity contribution in [2.45, 2.75) is 6.42 Å². The molecule has 0 fully saturated rings. The Labute approximate surface area is 58.3 Å². The Bertz CT molecular complexity index is 220. The Balaban J connectivity index is 2.67. The van der Waals surface area contributed by atoms with E-state index in [0.29, 0.717) is 5.69 Å². The standard InChI is InChI=1S/C7H6NO2/c9-7(10)5-6-3-1-2-4-8-6/h1-3H,5H2,(H,9,10). The molecule has 1 aromatic rings. The lowest BCUT2D eigenvalue weighted by molar-refractivity contribution is -0.136. The first-order valence-corrected chi connectivity index (χ1v) is 2.83. The van der Waals surface area contributed by atoms with Gasteiger partial charge in [-0.2, -0.15) is 0 Å². The number of carbonyl (C=O) groups is 1. The lowest BCUT2D eigenvalue weighted by atomic mass is 10.3. The second-order valence-corrected chi connectivity index (χ2v) is 1.83. The summed E-state index contributed by atoms with van der Waals surface area (Å²) in [5.74, 6) is -0.868. The largest absolute Gasteiger partial charge is 0.481 e. The molecule has 0 amide bonds. The monoisotopic (exact) mass is 136 g/mol. The van der Waals surface area contributed by atoms with Crippen molar-refractivity contribution in [3.63, 3.8) is 0 Å². The summed E-state index contributed by atoms with van der Waals surface area (Å²) >= 11 is 0. The van der Waals surface area contributed by atoms with Crippen LogP contribution in [0.3, 0.4) is 0 Å². The van der Waals surface area contributed by atoms with Gasteiger partial charge in [-0.1, -0.05) is 6.07 Å². The van der Waals surface area contributed by atoms with Gasteiger partial charge in [-0.05, 0) is 12.1 Å². The quantitative estimate of drug-likeness (QED) is 0.644. The zero-order valence-electron chi connectivity index (χ0n) is 5.24. The normalized spacial score (nSPS) is 9.20. The highest BCUT2D eigenvalue weighted by Gasteiger charge is 1.98. The number of aliphatic carboxylic acids is 1. The third kappa shape index (κ3) is 1.85. The van der Waals surface area contributed by atoms with Crippen LogP contribution in [0.2, 0.25) is 0 Å². The van der Waals surface area contributed by atoms with Crippen molar-refractivity contribution in [2.75, 3.05) is 0 Å². The lowest BCUT2D eigenvalue weighted by Gasteiger charge is -1.91. The highest BCUT2D eigenvalue weighted by molar-refractivity contribution is 5.69. The Morgan fingerprint density at radius 1 is 1.80 bits per heavy atom. The number of nitrogens with zero attached hydrogens (tertiary/aromatic N) is 1. The average Bonchev–Trinajstić information content (AvgIpc) is 1.88. The molecular formula is C7H6NO2. The number of hydrogen-bond donors (Lipinski definition) is 1. The molecule has 0 aliphatic rings. The molecule has 0 aromatic carbocycles. The van der Waals surface area contributed by atoms with Gasteiger partial charge in [0.15, 0.2) is 0 Å². The first kappa shape index (κ1) is 6.74. The summed E-state index contributed by atoms with van der Waals surface area (Å²) in [7, 11) is 0. The van der Waals surface area contributed by atoms with Gasteiger partial charge >= 0.3 is 5.97 Å². The maximum atomic E-state index is 10.1. The van der Waals surface area contributed by atoms with Gasteiger partial charge in [0.2, 0.25) is 0 Å². The van der Waals surface area contributed by atoms with E-state index in [1.807, 2.05) is 0 Å². The highest BCUT2D eigenvalue weighted by atomic mass is 16.4. The molecule has 0 saturated heterocycles. The topological polar surface area (TPSA) is 50.2 Å². The van der Waals surface area contributed by atoms with E-state index in [9.17, 15) is 4.79 Å². The van der Waals surface area contributed by atoms with E-state index in [0.717, 1.165) is 0 Å². The third-order valence-electron chi connectivity index (χ3n) is 1.000. The van der Waals surface area contributed by atoms with Crippen LogP contribution >= 0.6 is 0 Å². The molecule has 1 rings (SSSR count). The Kier molecular flexibility index (Phi) is 1.99. The van der Waals surface area contributed by atoms with Crippen molar-refractivity contribution < 1.29 is 9.90 Å². The smallest absolute Gasteiger partial charge is 0.309 e. The molecule has 1 radical (unpaired) electrons. The summed E-state index contributed by atoms with van der Waals surface area (Å²) < 4.78 is 0. The molecule has 3 nitrogen and oxygen atoms in total. The number of rotatable bonds is 2. The van der Waals surface area contributed by atoms with Gasteiger partial charge in [0.05, 0.1) is 18.3 Å². The molecule has 0 saturated carbocycles. The minimum Gasteiger partial charge on any atom is -0.481 e. The van der Waals surface area contributed by atoms with Crippen LogP contribution in [0, 0.1) is 6.20 Å². The van der Waals surface area contributed by atoms with Gasteiger partial charge in [0.25, 0.3) is 0 Å². The molecule has 10 heavy (non-hydrogen) atoms. The third-order valence-corrected chi connectivity index (χ3v) is 1.000. The van der Waals surface area contributed by atoms with Crippen LogP contribution in [-0.4, -0.2) is 16.1 Å². The molecule has 1 heterocycles. The predicted octanol–water partition coefficient (Wildman–Crippen LogP) is 0.509. The van der Waals surface area contributed by atoms with Crippen molar-refractivity contribution in [1.29, 1.82) is 0 Å². The molecule has 0 atom stereocenters. The summed E-state index contributed by atoms with van der Waals surface area (Å²) in [5.41, 5.74) is 0.537. The Morgan fingerprint density at radius 3 is 3.10 bits per heavy atom. The second kappa shape index (κ2) is 2.96. The van der Waals surface area contributed by atoms with Crippen molar-refractivity contribution >= 4 is 5.97 Å². The van der Waals surface area contributed by atoms with E-state index in [2.05, 4.69) is 11.2 Å². The summed E-state index contributed by atoms with van der Waals surface area (Å²) in [6.07, 6.45) is 2.52. The maximum absolute atomic E-state index is 10.1. The van der Waals surface area contributed by atoms with Crippen LogP contribution in [0.1, 0.15) is 5.69 Å². The number of hydrogen-bond acceptors (Lipinski definition) is 2. The maximum Gasteiger partial charge on any atom is 0.309 e. The fourth-order valence-electron chi connectivity index (χ4n) is 0.613. The Hall–Kier alpha value is -1.38. The second-order valence-electron chi connectivity index (χ2n) is 1.83. The van der Waals surface area contributed by atoms with Crippen molar-refractivity contribution in [3.05, 3.63) is 30.1 Å². The Morgan fingerprint density at radius 2 is 2.60 bits per heavy atom. The number of pyridine rings is 1. The van der Waals surface area contributed by atoms with Crippen LogP contribution in [0.25, 0.3) is 0 Å². The van der Waals surface area contributed by atoms with E-state index in [1.54, 1.807) is 18.2 Å². The first-order valence-electron chi connectivity index (χ1n) is 2.83. The molecule has 1 N–H and O–H groups in total. The molecule has 0 aliphatic carbocycles. The van der Waals surface area contributed by atoms with E-state index in [4.69, 9.17) is 5.11 Å². The number of aromatic nitrogens is 1. The molecule has 0 aliphatic heterocycles. The fourth-order valence-corrected chi connectivity index (χ4v) is 0.613. The summed E-state index contributed by atoms with van der Waals surface area (Å²) in [4.78, 5) is 13.8. The van der Waals surface area contributed by atoms with Gasteiger partial charge in [0.1, 0.15) is 0 Å². The van der Waals surface area contributed by atoms with Gasteiger partial charge in [0, 0.05) is 0 Å². The van der Waals surface area contributed by atoms with Gasteiger partial charge in [-0.3, -0.25) is 9.78 Å². The zero-order valence-corrected chi connectivity index (χ0v) is 5.24. The van der Waals surface area contributed by atoms with Crippen molar-refractivity contribution in [3.8, 4) is 0 Å². The minimum absolute atomic E-state index is 0.0304. The molecule has 1 aromatic heterocycles. The SMILES string of the molecule is O=C(O)Cc1ccc[c]n1. The average molecular weight is 136 g/mol. The van der Waals surface area contributed by atoms with Crippen LogP contribution in [0.5, 0.6) is 0 Å². The highest BCUT2D eigenvalue weighted by Crippen LogP contribution is 1.92. The molecule has 0 spiro atoms. The fraction of sp³-hybridized carbons (Fsp3) is 0.143. The number of carboxylic acid groups (broad SMARTS) is 1. The molecule has 0 unspecified atom stereocenters. The van der Waals surface area contributed by atoms with E-state index in [-0.39, 0.29) is 6.42 Å². The molecular weight excluding hydrogens is 130 g/mol. The summed E-state index contributed by atoms with van der Waals surface area (Å²) in [5, 5.41) is 8.31. The van der Waals surface area contributed by atoms with E-state index < -0.39 is 5.97 Å². The minimum atomic E-state index is -0.868. The lowest BCUT2D eigenvalue weighted by Crippen LogP contribution is -2.01. The first-order chi connectivity index (χ1) is 4.79. The summed E-state index contributed by atoms with van der Waals surface area (Å²) in [6.45, 7) is 0. The molecule has 0 bridgehead atoms. The van der Waals surface area contributed by atoms with Gasteiger partial charge in [-0.15, -0.1) is 0 Å². The van der Waals surface area contributed by atoms with Crippen LogP contribution in [0.15, 0.2) is 18.2 Å². The van der Waals surface area contributed by atoms with Crippen LogP contribution in [0.4, 0.5) is 0 Å². The molecule has 51 valence electrons. The van der Waals surface area contributed by atoms with E-state index >= 15 is 0 Å². The predicted molar refractivity (Wildman–Crippen MR) is 34.4 cm³/mol. The van der Waals surface area contributed by atoms with Crippen molar-refractivity contribution in [2.24, 2.45) is 0 Å². The zero-order chi connectivity index (χ0) is 7.40.